The van der Waals surface area contributed by atoms with E-state index in [1.165, 1.54) is 0 Å². The van der Waals surface area contributed by atoms with E-state index in [0.29, 0.717) is 18.8 Å². The molecule has 0 spiro atoms. The van der Waals surface area contributed by atoms with Crippen LogP contribution in [0, 0.1) is 0 Å². The average molecular weight is 347 g/mol. The van der Waals surface area contributed by atoms with Crippen molar-refractivity contribution in [3.05, 3.63) is 58.6 Å². The second kappa shape index (κ2) is 5.41. The van der Waals surface area contributed by atoms with E-state index in [0.717, 1.165) is 15.7 Å². The van der Waals surface area contributed by atoms with E-state index < -0.39 is 11.4 Å². The van der Waals surface area contributed by atoms with Crippen LogP contribution < -0.4 is 15.8 Å². The maximum Gasteiger partial charge on any atom is 0.248 e. The Kier molecular flexibility index (Phi) is 3.59. The molecular weight excluding hydrogens is 332 g/mol. The van der Waals surface area contributed by atoms with Crippen LogP contribution in [0.15, 0.2) is 53.0 Å². The number of carbonyl (C=O) groups is 1. The number of primary amides is 1. The van der Waals surface area contributed by atoms with Crippen LogP contribution in [-0.4, -0.2) is 12.5 Å². The van der Waals surface area contributed by atoms with Gasteiger partial charge in [-0.3, -0.25) is 4.79 Å². The number of hydrogen-bond donors (Lipinski definition) is 2. The molecule has 0 fully saturated rings. The van der Waals surface area contributed by atoms with E-state index in [-0.39, 0.29) is 0 Å². The number of para-hydroxylation sites is 1. The monoisotopic (exact) mass is 346 g/mol. The van der Waals surface area contributed by atoms with Gasteiger partial charge in [0.15, 0.2) is 0 Å². The fourth-order valence-electron chi connectivity index (χ4n) is 2.62. The van der Waals surface area contributed by atoms with Crippen LogP contribution in [0.4, 0.5) is 5.69 Å². The van der Waals surface area contributed by atoms with Gasteiger partial charge in [0.25, 0.3) is 0 Å². The van der Waals surface area contributed by atoms with Gasteiger partial charge < -0.3 is 15.8 Å². The van der Waals surface area contributed by atoms with Gasteiger partial charge in [-0.2, -0.15) is 0 Å². The van der Waals surface area contributed by atoms with Crippen molar-refractivity contribution in [3.8, 4) is 5.75 Å². The van der Waals surface area contributed by atoms with Crippen LogP contribution >= 0.6 is 15.9 Å². The quantitative estimate of drug-likeness (QED) is 0.897. The van der Waals surface area contributed by atoms with Crippen LogP contribution in [0.5, 0.6) is 5.75 Å². The summed E-state index contributed by atoms with van der Waals surface area (Å²) in [6.07, 6.45) is 0.495. The number of nitrogens with one attached hydrogen (secondary N) is 1. The molecule has 0 saturated carbocycles. The van der Waals surface area contributed by atoms with Gasteiger partial charge in [0.05, 0.1) is 6.61 Å². The summed E-state index contributed by atoms with van der Waals surface area (Å²) >= 11 is 3.40. The summed E-state index contributed by atoms with van der Waals surface area (Å²) in [4.78, 5) is 12.2. The normalized spacial score (nSPS) is 20.2. The molecule has 3 N–H and O–H groups in total. The van der Waals surface area contributed by atoms with Crippen LogP contribution in [0.25, 0.3) is 0 Å². The molecule has 1 aliphatic rings. The van der Waals surface area contributed by atoms with Crippen molar-refractivity contribution in [1.82, 2.24) is 0 Å². The molecule has 0 radical (unpaired) electrons. The molecule has 1 aliphatic heterocycles. The Morgan fingerprint density at radius 3 is 2.62 bits per heavy atom. The highest BCUT2D eigenvalue weighted by molar-refractivity contribution is 9.10. The molecule has 0 aliphatic carbocycles. The molecule has 1 unspecified atom stereocenters. The summed E-state index contributed by atoms with van der Waals surface area (Å²) in [6.45, 7) is 0.448. The van der Waals surface area contributed by atoms with Gasteiger partial charge in [0.1, 0.15) is 11.3 Å². The van der Waals surface area contributed by atoms with Crippen molar-refractivity contribution < 1.29 is 9.53 Å². The lowest BCUT2D eigenvalue weighted by atomic mass is 9.83. The third-order valence-corrected chi connectivity index (χ3v) is 4.23. The summed E-state index contributed by atoms with van der Waals surface area (Å²) in [5.74, 6) is 0.299. The minimum atomic E-state index is -0.942. The van der Waals surface area contributed by atoms with E-state index in [4.69, 9.17) is 10.5 Å². The number of benzene rings is 2. The third kappa shape index (κ3) is 2.49. The fourth-order valence-corrected chi connectivity index (χ4v) is 2.89. The number of amides is 1. The van der Waals surface area contributed by atoms with E-state index in [9.17, 15) is 4.79 Å². The summed E-state index contributed by atoms with van der Waals surface area (Å²) in [5, 5.41) is 3.30. The van der Waals surface area contributed by atoms with Gasteiger partial charge in [-0.1, -0.05) is 34.1 Å². The molecule has 0 saturated heterocycles. The Bertz CT molecular complexity index is 672. The number of ether oxygens (including phenoxy) is 1. The van der Waals surface area contributed by atoms with Crippen LogP contribution in [-0.2, 0) is 10.3 Å². The van der Waals surface area contributed by atoms with E-state index in [1.807, 2.05) is 48.5 Å². The second-order valence-electron chi connectivity index (χ2n) is 5.00. The highest BCUT2D eigenvalue weighted by Crippen LogP contribution is 2.39. The Morgan fingerprint density at radius 2 is 1.90 bits per heavy atom. The number of halogens is 1. The fraction of sp³-hybridized carbons (Fsp3) is 0.188. The molecule has 2 aromatic rings. The molecule has 0 bridgehead atoms. The van der Waals surface area contributed by atoms with Gasteiger partial charge in [0.2, 0.25) is 5.91 Å². The van der Waals surface area contributed by atoms with Crippen LogP contribution in [0.3, 0.4) is 0 Å². The van der Waals surface area contributed by atoms with Gasteiger partial charge in [-0.15, -0.1) is 0 Å². The van der Waals surface area contributed by atoms with Gasteiger partial charge in [-0.25, -0.2) is 0 Å². The molecule has 4 nitrogen and oxygen atoms in total. The standard InChI is InChI=1S/C16H15BrN2O2/c17-11-5-7-12(8-6-11)19-16(15(18)20)9-10-21-14-4-2-1-3-13(14)16/h1-8,19H,9-10H2,(H2,18,20). The zero-order chi connectivity index (χ0) is 14.9. The Balaban J connectivity index is 2.05. The number of carbonyl (C=O) groups excluding carboxylic acids is 1. The van der Waals surface area contributed by atoms with E-state index in [1.54, 1.807) is 0 Å². The highest BCUT2D eigenvalue weighted by atomic mass is 79.9. The minimum Gasteiger partial charge on any atom is -0.493 e. The summed E-state index contributed by atoms with van der Waals surface area (Å²) < 4.78 is 6.61. The number of nitrogens with two attached hydrogens (primary N) is 1. The van der Waals surface area contributed by atoms with Gasteiger partial charge in [-0.05, 0) is 30.3 Å². The average Bonchev–Trinajstić information content (AvgIpc) is 2.50. The number of rotatable bonds is 3. The van der Waals surface area contributed by atoms with Crippen LogP contribution in [0.1, 0.15) is 12.0 Å². The van der Waals surface area contributed by atoms with Crippen molar-refractivity contribution in [3.63, 3.8) is 0 Å². The maximum atomic E-state index is 12.2. The van der Waals surface area contributed by atoms with E-state index >= 15 is 0 Å². The number of hydrogen-bond acceptors (Lipinski definition) is 3. The molecule has 1 amide bonds. The predicted octanol–water partition coefficient (Wildman–Crippen LogP) is 3.02. The van der Waals surface area contributed by atoms with Crippen molar-refractivity contribution in [2.75, 3.05) is 11.9 Å². The molecule has 108 valence electrons. The Morgan fingerprint density at radius 1 is 1.19 bits per heavy atom. The van der Waals surface area contributed by atoms with Crippen molar-refractivity contribution in [1.29, 1.82) is 0 Å². The summed E-state index contributed by atoms with van der Waals surface area (Å²) in [7, 11) is 0. The lowest BCUT2D eigenvalue weighted by Crippen LogP contribution is -2.50. The minimum absolute atomic E-state index is 0.402. The second-order valence-corrected chi connectivity index (χ2v) is 5.91. The first-order valence-corrected chi connectivity index (χ1v) is 7.47. The van der Waals surface area contributed by atoms with Crippen molar-refractivity contribution in [2.24, 2.45) is 5.73 Å². The molecule has 0 aromatic heterocycles. The number of anilines is 1. The Hall–Kier alpha value is -2.01. The van der Waals surface area contributed by atoms with Gasteiger partial charge in [0, 0.05) is 22.1 Å². The summed E-state index contributed by atoms with van der Waals surface area (Å²) in [5.41, 5.74) is 6.41. The summed E-state index contributed by atoms with van der Waals surface area (Å²) in [6, 6.07) is 15.2. The van der Waals surface area contributed by atoms with E-state index in [2.05, 4.69) is 21.2 Å². The molecular formula is C16H15BrN2O2. The predicted molar refractivity (Wildman–Crippen MR) is 85.2 cm³/mol. The smallest absolute Gasteiger partial charge is 0.248 e. The number of fused-ring (bicyclic) bond motifs is 1. The molecule has 1 atom stereocenters. The van der Waals surface area contributed by atoms with Crippen molar-refractivity contribution >= 4 is 27.5 Å². The molecule has 5 heteroatoms. The largest absolute Gasteiger partial charge is 0.493 e. The SMILES string of the molecule is NC(=O)C1(Nc2ccc(Br)cc2)CCOc2ccccc21. The first-order chi connectivity index (χ1) is 10.1. The zero-order valence-corrected chi connectivity index (χ0v) is 12.9. The lowest BCUT2D eigenvalue weighted by molar-refractivity contribution is -0.123. The first kappa shape index (κ1) is 13.9. The Labute approximate surface area is 131 Å². The highest BCUT2D eigenvalue weighted by Gasteiger charge is 2.43. The maximum absolute atomic E-state index is 12.2. The van der Waals surface area contributed by atoms with Crippen molar-refractivity contribution in [2.45, 2.75) is 12.0 Å². The zero-order valence-electron chi connectivity index (χ0n) is 11.3. The first-order valence-electron chi connectivity index (χ1n) is 6.68. The van der Waals surface area contributed by atoms with Gasteiger partial charge >= 0.3 is 0 Å². The molecule has 21 heavy (non-hydrogen) atoms. The lowest BCUT2D eigenvalue weighted by Gasteiger charge is -2.37. The van der Waals surface area contributed by atoms with Crippen LogP contribution in [0.2, 0.25) is 0 Å². The third-order valence-electron chi connectivity index (χ3n) is 3.70. The topological polar surface area (TPSA) is 64.4 Å². The molecule has 2 aromatic carbocycles. The molecule has 1 heterocycles. The molecule has 3 rings (SSSR count).